The van der Waals surface area contributed by atoms with E-state index in [1.807, 2.05) is 59.3 Å². The standard InChI is InChI=1S/C18H16Cl2N2O/c19-15-7-5-14(6-8-15)12-23-18(11-22-10-9-21-13-22)16-3-1-2-4-17(16)20/h1-10,13,18H,11-12H2. The van der Waals surface area contributed by atoms with Crippen molar-refractivity contribution in [1.29, 1.82) is 0 Å². The number of hydrogen-bond donors (Lipinski definition) is 0. The van der Waals surface area contributed by atoms with Crippen molar-refractivity contribution < 1.29 is 4.74 Å². The molecule has 3 aromatic rings. The first kappa shape index (κ1) is 16.1. The van der Waals surface area contributed by atoms with Gasteiger partial charge in [-0.25, -0.2) is 4.98 Å². The molecule has 5 heteroatoms. The van der Waals surface area contributed by atoms with E-state index in [-0.39, 0.29) is 6.10 Å². The third-order valence-corrected chi connectivity index (χ3v) is 4.15. The van der Waals surface area contributed by atoms with Crippen molar-refractivity contribution in [3.05, 3.63) is 88.4 Å². The van der Waals surface area contributed by atoms with Crippen LogP contribution in [0.5, 0.6) is 0 Å². The van der Waals surface area contributed by atoms with Crippen LogP contribution in [0.15, 0.2) is 67.3 Å². The SMILES string of the molecule is Clc1ccc(COC(Cn2ccnc2)c2ccccc2Cl)cc1. The second kappa shape index (κ2) is 7.64. The molecule has 1 aromatic heterocycles. The van der Waals surface area contributed by atoms with Crippen molar-refractivity contribution in [2.45, 2.75) is 19.3 Å². The van der Waals surface area contributed by atoms with Gasteiger partial charge in [-0.3, -0.25) is 0 Å². The van der Waals surface area contributed by atoms with Gasteiger partial charge in [0.1, 0.15) is 6.10 Å². The summed E-state index contributed by atoms with van der Waals surface area (Å²) in [6, 6.07) is 15.4. The highest BCUT2D eigenvalue weighted by Crippen LogP contribution is 2.28. The summed E-state index contributed by atoms with van der Waals surface area (Å²) in [6.45, 7) is 1.14. The Hall–Kier alpha value is -1.81. The molecule has 23 heavy (non-hydrogen) atoms. The summed E-state index contributed by atoms with van der Waals surface area (Å²) in [5.41, 5.74) is 2.04. The van der Waals surface area contributed by atoms with E-state index in [0.29, 0.717) is 18.2 Å². The molecule has 0 N–H and O–H groups in total. The summed E-state index contributed by atoms with van der Waals surface area (Å²) in [7, 11) is 0. The predicted molar refractivity (Wildman–Crippen MR) is 92.7 cm³/mol. The number of benzene rings is 2. The van der Waals surface area contributed by atoms with Gasteiger partial charge in [0.25, 0.3) is 0 Å². The lowest BCUT2D eigenvalue weighted by Gasteiger charge is -2.20. The Morgan fingerprint density at radius 1 is 1.04 bits per heavy atom. The second-order valence-electron chi connectivity index (χ2n) is 5.21. The van der Waals surface area contributed by atoms with Crippen LogP contribution in [0.3, 0.4) is 0 Å². The normalized spacial score (nSPS) is 12.3. The van der Waals surface area contributed by atoms with Crippen LogP contribution in [0.4, 0.5) is 0 Å². The van der Waals surface area contributed by atoms with Crippen molar-refractivity contribution in [3.8, 4) is 0 Å². The minimum atomic E-state index is -0.159. The summed E-state index contributed by atoms with van der Waals surface area (Å²) < 4.78 is 8.11. The van der Waals surface area contributed by atoms with E-state index in [4.69, 9.17) is 27.9 Å². The van der Waals surface area contributed by atoms with Gasteiger partial charge in [-0.2, -0.15) is 0 Å². The number of imidazole rings is 1. The maximum Gasteiger partial charge on any atom is 0.102 e. The van der Waals surface area contributed by atoms with Crippen LogP contribution < -0.4 is 0 Å². The summed E-state index contributed by atoms with van der Waals surface area (Å²) in [6.07, 6.45) is 5.28. The van der Waals surface area contributed by atoms with Gasteiger partial charge in [0, 0.05) is 28.0 Å². The van der Waals surface area contributed by atoms with Crippen LogP contribution in [0, 0.1) is 0 Å². The first-order chi connectivity index (χ1) is 11.2. The molecule has 3 nitrogen and oxygen atoms in total. The maximum absolute atomic E-state index is 6.34. The number of rotatable bonds is 6. The van der Waals surface area contributed by atoms with Crippen LogP contribution in [0.25, 0.3) is 0 Å². The summed E-state index contributed by atoms with van der Waals surface area (Å²) in [5.74, 6) is 0. The quantitative estimate of drug-likeness (QED) is 0.617. The first-order valence-corrected chi connectivity index (χ1v) is 8.04. The first-order valence-electron chi connectivity index (χ1n) is 7.28. The third kappa shape index (κ3) is 4.35. The Balaban J connectivity index is 1.77. The van der Waals surface area contributed by atoms with Crippen molar-refractivity contribution in [2.24, 2.45) is 0 Å². The average molecular weight is 347 g/mol. The maximum atomic E-state index is 6.34. The highest BCUT2D eigenvalue weighted by atomic mass is 35.5. The molecule has 0 fully saturated rings. The Labute approximate surface area is 145 Å². The predicted octanol–water partition coefficient (Wildman–Crippen LogP) is 5.15. The Bertz CT molecular complexity index is 742. The third-order valence-electron chi connectivity index (χ3n) is 3.55. The topological polar surface area (TPSA) is 27.1 Å². The zero-order valence-corrected chi connectivity index (χ0v) is 13.9. The van der Waals surface area contributed by atoms with Crippen LogP contribution in [0.2, 0.25) is 10.0 Å². The fourth-order valence-electron chi connectivity index (χ4n) is 2.34. The van der Waals surface area contributed by atoms with Gasteiger partial charge in [0.2, 0.25) is 0 Å². The van der Waals surface area contributed by atoms with Crippen molar-refractivity contribution in [1.82, 2.24) is 9.55 Å². The summed E-state index contributed by atoms with van der Waals surface area (Å²) >= 11 is 12.3. The smallest absolute Gasteiger partial charge is 0.102 e. The highest BCUT2D eigenvalue weighted by Gasteiger charge is 2.16. The molecule has 0 spiro atoms. The van der Waals surface area contributed by atoms with Gasteiger partial charge in [-0.05, 0) is 23.8 Å². The second-order valence-corrected chi connectivity index (χ2v) is 6.05. The van der Waals surface area contributed by atoms with E-state index < -0.39 is 0 Å². The molecule has 3 rings (SSSR count). The molecule has 2 aromatic carbocycles. The van der Waals surface area contributed by atoms with E-state index in [9.17, 15) is 0 Å². The average Bonchev–Trinajstić information content (AvgIpc) is 3.07. The van der Waals surface area contributed by atoms with E-state index in [2.05, 4.69) is 4.98 Å². The number of hydrogen-bond acceptors (Lipinski definition) is 2. The molecule has 0 aliphatic heterocycles. The minimum Gasteiger partial charge on any atom is -0.367 e. The molecule has 118 valence electrons. The Kier molecular flexibility index (Phi) is 5.34. The molecule has 0 aliphatic rings. The van der Waals surface area contributed by atoms with Gasteiger partial charge < -0.3 is 9.30 Å². The number of halogens is 2. The summed E-state index contributed by atoms with van der Waals surface area (Å²) in [4.78, 5) is 4.08. The van der Waals surface area contributed by atoms with Crippen LogP contribution in [0.1, 0.15) is 17.2 Å². The fourth-order valence-corrected chi connectivity index (χ4v) is 2.72. The molecule has 1 unspecified atom stereocenters. The zero-order chi connectivity index (χ0) is 16.1. The molecule has 0 bridgehead atoms. The van der Waals surface area contributed by atoms with E-state index in [1.165, 1.54) is 0 Å². The van der Waals surface area contributed by atoms with E-state index >= 15 is 0 Å². The number of aromatic nitrogens is 2. The number of ether oxygens (including phenoxy) is 1. The fraction of sp³-hybridized carbons (Fsp3) is 0.167. The van der Waals surface area contributed by atoms with Gasteiger partial charge in [0.15, 0.2) is 0 Å². The van der Waals surface area contributed by atoms with E-state index in [0.717, 1.165) is 16.1 Å². The lowest BCUT2D eigenvalue weighted by molar-refractivity contribution is 0.0280. The molecular formula is C18H16Cl2N2O. The van der Waals surface area contributed by atoms with Crippen molar-refractivity contribution in [3.63, 3.8) is 0 Å². The minimum absolute atomic E-state index is 0.159. The highest BCUT2D eigenvalue weighted by molar-refractivity contribution is 6.31. The lowest BCUT2D eigenvalue weighted by atomic mass is 10.1. The van der Waals surface area contributed by atoms with E-state index in [1.54, 1.807) is 12.5 Å². The van der Waals surface area contributed by atoms with Gasteiger partial charge in [0.05, 0.1) is 19.5 Å². The molecular weight excluding hydrogens is 331 g/mol. The molecule has 0 amide bonds. The Morgan fingerprint density at radius 3 is 2.52 bits per heavy atom. The molecule has 0 saturated heterocycles. The molecule has 0 radical (unpaired) electrons. The Morgan fingerprint density at radius 2 is 1.83 bits per heavy atom. The van der Waals surface area contributed by atoms with Crippen molar-refractivity contribution in [2.75, 3.05) is 0 Å². The van der Waals surface area contributed by atoms with Crippen LogP contribution in [-0.2, 0) is 17.9 Å². The van der Waals surface area contributed by atoms with Crippen molar-refractivity contribution >= 4 is 23.2 Å². The van der Waals surface area contributed by atoms with Gasteiger partial charge >= 0.3 is 0 Å². The van der Waals surface area contributed by atoms with Gasteiger partial charge in [-0.15, -0.1) is 0 Å². The van der Waals surface area contributed by atoms with Crippen LogP contribution >= 0.6 is 23.2 Å². The molecule has 0 saturated carbocycles. The zero-order valence-electron chi connectivity index (χ0n) is 12.4. The molecule has 1 heterocycles. The molecule has 0 aliphatic carbocycles. The lowest BCUT2D eigenvalue weighted by Crippen LogP contribution is -2.12. The monoisotopic (exact) mass is 346 g/mol. The molecule has 1 atom stereocenters. The largest absolute Gasteiger partial charge is 0.367 e. The summed E-state index contributed by atoms with van der Waals surface area (Å²) in [5, 5.41) is 1.42. The van der Waals surface area contributed by atoms with Gasteiger partial charge in [-0.1, -0.05) is 53.5 Å². The number of nitrogens with zero attached hydrogens (tertiary/aromatic N) is 2. The van der Waals surface area contributed by atoms with Crippen LogP contribution in [-0.4, -0.2) is 9.55 Å².